The van der Waals surface area contributed by atoms with Crippen LogP contribution in [0.25, 0.3) is 11.1 Å². The maximum Gasteiger partial charge on any atom is 0.126 e. The van der Waals surface area contributed by atoms with Crippen molar-refractivity contribution in [2.45, 2.75) is 12.8 Å². The fraction of sp³-hybridized carbons (Fsp3) is 0.200. The van der Waals surface area contributed by atoms with Crippen molar-refractivity contribution in [1.29, 1.82) is 0 Å². The molecule has 1 aliphatic heterocycles. The van der Waals surface area contributed by atoms with Gasteiger partial charge in [0, 0.05) is 28.9 Å². The van der Waals surface area contributed by atoms with Crippen LogP contribution >= 0.6 is 11.6 Å². The van der Waals surface area contributed by atoms with Gasteiger partial charge < -0.3 is 5.32 Å². The standard InChI is InChI=1S/C15H12ClF2N/c16-14-6-9-2-1-3-19-15(9)8-13(14)10-4-11(17)7-12(18)5-10/h4-8,19H,1-3H2. The van der Waals surface area contributed by atoms with E-state index in [1.807, 2.05) is 12.1 Å². The summed E-state index contributed by atoms with van der Waals surface area (Å²) in [7, 11) is 0. The largest absolute Gasteiger partial charge is 0.385 e. The Hall–Kier alpha value is -1.61. The minimum Gasteiger partial charge on any atom is -0.385 e. The molecule has 0 amide bonds. The second kappa shape index (κ2) is 4.82. The van der Waals surface area contributed by atoms with Gasteiger partial charge in [-0.3, -0.25) is 0 Å². The summed E-state index contributed by atoms with van der Waals surface area (Å²) in [6, 6.07) is 7.18. The Morgan fingerprint density at radius 3 is 2.47 bits per heavy atom. The number of benzene rings is 2. The molecule has 0 unspecified atom stereocenters. The highest BCUT2D eigenvalue weighted by molar-refractivity contribution is 6.33. The maximum absolute atomic E-state index is 13.3. The first-order chi connectivity index (χ1) is 9.13. The monoisotopic (exact) mass is 279 g/mol. The predicted octanol–water partition coefficient (Wildman–Crippen LogP) is 4.64. The first kappa shape index (κ1) is 12.4. The number of nitrogens with one attached hydrogen (secondary N) is 1. The number of hydrogen-bond acceptors (Lipinski definition) is 1. The molecule has 19 heavy (non-hydrogen) atoms. The highest BCUT2D eigenvalue weighted by atomic mass is 35.5. The Labute approximate surface area is 115 Å². The lowest BCUT2D eigenvalue weighted by Gasteiger charge is -2.20. The van der Waals surface area contributed by atoms with Gasteiger partial charge in [-0.15, -0.1) is 0 Å². The molecule has 0 radical (unpaired) electrons. The summed E-state index contributed by atoms with van der Waals surface area (Å²) in [5.74, 6) is -1.20. The van der Waals surface area contributed by atoms with E-state index in [1.165, 1.54) is 12.1 Å². The summed E-state index contributed by atoms with van der Waals surface area (Å²) in [6.45, 7) is 0.908. The average Bonchev–Trinajstić information content (AvgIpc) is 2.36. The maximum atomic E-state index is 13.3. The highest BCUT2D eigenvalue weighted by Crippen LogP contribution is 2.35. The topological polar surface area (TPSA) is 12.0 Å². The molecule has 98 valence electrons. The molecule has 0 saturated heterocycles. The van der Waals surface area contributed by atoms with Crippen molar-refractivity contribution in [3.8, 4) is 11.1 Å². The van der Waals surface area contributed by atoms with Gasteiger partial charge in [0.2, 0.25) is 0 Å². The van der Waals surface area contributed by atoms with Gasteiger partial charge in [-0.25, -0.2) is 8.78 Å². The molecule has 2 aromatic rings. The quantitative estimate of drug-likeness (QED) is 0.802. The van der Waals surface area contributed by atoms with Crippen molar-refractivity contribution in [2.75, 3.05) is 11.9 Å². The molecular weight excluding hydrogens is 268 g/mol. The van der Waals surface area contributed by atoms with Crippen LogP contribution < -0.4 is 5.32 Å². The van der Waals surface area contributed by atoms with Crippen LogP contribution in [0.3, 0.4) is 0 Å². The van der Waals surface area contributed by atoms with Crippen LogP contribution in [-0.4, -0.2) is 6.54 Å². The van der Waals surface area contributed by atoms with Gasteiger partial charge in [-0.1, -0.05) is 11.6 Å². The van der Waals surface area contributed by atoms with Crippen LogP contribution in [0.15, 0.2) is 30.3 Å². The summed E-state index contributed by atoms with van der Waals surface area (Å²) in [5, 5.41) is 3.80. The second-order valence-electron chi connectivity index (χ2n) is 4.68. The zero-order valence-electron chi connectivity index (χ0n) is 10.1. The molecule has 1 heterocycles. The second-order valence-corrected chi connectivity index (χ2v) is 5.08. The molecule has 1 aliphatic rings. The Morgan fingerprint density at radius 1 is 1.00 bits per heavy atom. The lowest BCUT2D eigenvalue weighted by molar-refractivity contribution is 0.584. The van der Waals surface area contributed by atoms with Crippen LogP contribution in [-0.2, 0) is 6.42 Å². The van der Waals surface area contributed by atoms with Crippen molar-refractivity contribution < 1.29 is 8.78 Å². The molecule has 0 spiro atoms. The lowest BCUT2D eigenvalue weighted by Crippen LogP contribution is -2.11. The van der Waals surface area contributed by atoms with Crippen LogP contribution in [0.5, 0.6) is 0 Å². The van der Waals surface area contributed by atoms with Crippen LogP contribution in [0, 0.1) is 11.6 Å². The van der Waals surface area contributed by atoms with Gasteiger partial charge in [0.15, 0.2) is 0 Å². The summed E-state index contributed by atoms with van der Waals surface area (Å²) in [4.78, 5) is 0. The van der Waals surface area contributed by atoms with E-state index in [-0.39, 0.29) is 0 Å². The zero-order chi connectivity index (χ0) is 13.4. The van der Waals surface area contributed by atoms with Crippen molar-refractivity contribution in [3.05, 3.63) is 52.6 Å². The zero-order valence-corrected chi connectivity index (χ0v) is 10.9. The van der Waals surface area contributed by atoms with Gasteiger partial charge in [0.05, 0.1) is 0 Å². The van der Waals surface area contributed by atoms with Crippen molar-refractivity contribution in [1.82, 2.24) is 0 Å². The number of fused-ring (bicyclic) bond motifs is 1. The summed E-state index contributed by atoms with van der Waals surface area (Å²) in [6.07, 6.45) is 2.04. The predicted molar refractivity (Wildman–Crippen MR) is 73.6 cm³/mol. The third kappa shape index (κ3) is 2.43. The molecule has 3 rings (SSSR count). The molecule has 0 bridgehead atoms. The Morgan fingerprint density at radius 2 is 1.74 bits per heavy atom. The normalized spacial score (nSPS) is 13.8. The van der Waals surface area contributed by atoms with Gasteiger partial charge in [0.1, 0.15) is 11.6 Å². The number of anilines is 1. The van der Waals surface area contributed by atoms with Crippen LogP contribution in [0.1, 0.15) is 12.0 Å². The van der Waals surface area contributed by atoms with E-state index in [9.17, 15) is 8.78 Å². The molecule has 1 N–H and O–H groups in total. The van der Waals surface area contributed by atoms with Crippen LogP contribution in [0.2, 0.25) is 5.02 Å². The van der Waals surface area contributed by atoms with Crippen molar-refractivity contribution in [2.24, 2.45) is 0 Å². The first-order valence-corrected chi connectivity index (χ1v) is 6.54. The molecule has 0 fully saturated rings. The summed E-state index contributed by atoms with van der Waals surface area (Å²) < 4.78 is 26.6. The molecule has 0 atom stereocenters. The molecule has 2 aromatic carbocycles. The minimum atomic E-state index is -0.600. The fourth-order valence-corrected chi connectivity index (χ4v) is 2.71. The average molecular weight is 280 g/mol. The molecule has 0 saturated carbocycles. The van der Waals surface area contributed by atoms with Gasteiger partial charge >= 0.3 is 0 Å². The van der Waals surface area contributed by atoms with E-state index in [4.69, 9.17) is 11.6 Å². The Bertz CT molecular complexity index is 620. The molecule has 4 heteroatoms. The van der Waals surface area contributed by atoms with E-state index in [2.05, 4.69) is 5.32 Å². The van der Waals surface area contributed by atoms with E-state index in [1.54, 1.807) is 0 Å². The van der Waals surface area contributed by atoms with E-state index in [0.717, 1.165) is 36.7 Å². The van der Waals surface area contributed by atoms with Gasteiger partial charge in [0.25, 0.3) is 0 Å². The van der Waals surface area contributed by atoms with E-state index < -0.39 is 11.6 Å². The fourth-order valence-electron chi connectivity index (χ4n) is 2.42. The van der Waals surface area contributed by atoms with Gasteiger partial charge in [-0.2, -0.15) is 0 Å². The number of aryl methyl sites for hydroxylation is 1. The molecule has 0 aliphatic carbocycles. The van der Waals surface area contributed by atoms with Gasteiger partial charge in [-0.05, 0) is 48.2 Å². The van der Waals surface area contributed by atoms with Crippen molar-refractivity contribution >= 4 is 17.3 Å². The molecular formula is C15H12ClF2N. The number of halogens is 3. The third-order valence-corrected chi connectivity index (χ3v) is 3.62. The number of hydrogen-bond donors (Lipinski definition) is 1. The van der Waals surface area contributed by atoms with E-state index in [0.29, 0.717) is 16.1 Å². The van der Waals surface area contributed by atoms with Crippen molar-refractivity contribution in [3.63, 3.8) is 0 Å². The minimum absolute atomic E-state index is 0.456. The van der Waals surface area contributed by atoms with Crippen LogP contribution in [0.4, 0.5) is 14.5 Å². The lowest BCUT2D eigenvalue weighted by atomic mass is 9.97. The summed E-state index contributed by atoms with van der Waals surface area (Å²) >= 11 is 6.23. The number of rotatable bonds is 1. The smallest absolute Gasteiger partial charge is 0.126 e. The highest BCUT2D eigenvalue weighted by Gasteiger charge is 2.14. The summed E-state index contributed by atoms with van der Waals surface area (Å²) in [5.41, 5.74) is 3.25. The Balaban J connectivity index is 2.14. The van der Waals surface area contributed by atoms with E-state index >= 15 is 0 Å². The SMILES string of the molecule is Fc1cc(F)cc(-c2cc3c(cc2Cl)CCCN3)c1. The first-order valence-electron chi connectivity index (χ1n) is 6.16. The third-order valence-electron chi connectivity index (χ3n) is 3.30. The molecule has 0 aromatic heterocycles. The molecule has 1 nitrogen and oxygen atoms in total. The Kier molecular flexibility index (Phi) is 3.15.